The number of hydrogen-bond acceptors (Lipinski definition) is 1. The summed E-state index contributed by atoms with van der Waals surface area (Å²) in [7, 11) is 0. The van der Waals surface area contributed by atoms with Gasteiger partial charge in [-0.15, -0.1) is 0 Å². The summed E-state index contributed by atoms with van der Waals surface area (Å²) in [5.74, 6) is -2.26. The highest BCUT2D eigenvalue weighted by Crippen LogP contribution is 2.20. The molecule has 0 aliphatic rings. The van der Waals surface area contributed by atoms with Crippen LogP contribution in [0.15, 0.2) is 18.2 Å². The molecule has 1 N–H and O–H groups in total. The van der Waals surface area contributed by atoms with E-state index in [-0.39, 0.29) is 5.56 Å². The zero-order valence-corrected chi connectivity index (χ0v) is 7.54. The van der Waals surface area contributed by atoms with E-state index in [2.05, 4.69) is 0 Å². The topological polar surface area (TPSA) is 37.3 Å². The lowest BCUT2D eigenvalue weighted by Crippen LogP contribution is -2.09. The highest BCUT2D eigenvalue weighted by molar-refractivity contribution is 5.75. The summed E-state index contributed by atoms with van der Waals surface area (Å²) < 4.78 is 13.1. The highest BCUT2D eigenvalue weighted by atomic mass is 19.1. The van der Waals surface area contributed by atoms with Crippen LogP contribution >= 0.6 is 0 Å². The first kappa shape index (κ1) is 9.71. The molecule has 0 saturated carbocycles. The quantitative estimate of drug-likeness (QED) is 0.762. The third-order valence-electron chi connectivity index (χ3n) is 1.99. The average Bonchev–Trinajstić information content (AvgIpc) is 2.08. The number of aliphatic carboxylic acids is 1. The van der Waals surface area contributed by atoms with Crippen LogP contribution in [0.1, 0.15) is 24.0 Å². The lowest BCUT2D eigenvalue weighted by Gasteiger charge is -2.08. The summed E-state index contributed by atoms with van der Waals surface area (Å²) in [6.45, 7) is 3.28. The van der Waals surface area contributed by atoms with E-state index in [4.69, 9.17) is 5.11 Å². The molecule has 0 fully saturated rings. The smallest absolute Gasteiger partial charge is 0.310 e. The van der Waals surface area contributed by atoms with Crippen LogP contribution in [0.25, 0.3) is 0 Å². The van der Waals surface area contributed by atoms with E-state index in [9.17, 15) is 9.18 Å². The van der Waals surface area contributed by atoms with Gasteiger partial charge in [0.05, 0.1) is 5.92 Å². The van der Waals surface area contributed by atoms with Gasteiger partial charge in [0.1, 0.15) is 5.82 Å². The molecule has 0 heterocycles. The van der Waals surface area contributed by atoms with Crippen LogP contribution in [-0.2, 0) is 4.79 Å². The molecular weight excluding hydrogens is 171 g/mol. The Morgan fingerprint density at radius 3 is 2.69 bits per heavy atom. The molecule has 0 spiro atoms. The van der Waals surface area contributed by atoms with Crippen LogP contribution in [0.3, 0.4) is 0 Å². The molecule has 0 amide bonds. The fourth-order valence-electron chi connectivity index (χ4n) is 1.13. The number of aryl methyl sites for hydroxylation is 1. The predicted molar refractivity (Wildman–Crippen MR) is 47.2 cm³/mol. The number of carbonyl (C=O) groups is 1. The van der Waals surface area contributed by atoms with Gasteiger partial charge >= 0.3 is 5.97 Å². The van der Waals surface area contributed by atoms with E-state index in [0.717, 1.165) is 5.56 Å². The van der Waals surface area contributed by atoms with E-state index >= 15 is 0 Å². The summed E-state index contributed by atoms with van der Waals surface area (Å²) in [4.78, 5) is 10.6. The van der Waals surface area contributed by atoms with Crippen molar-refractivity contribution in [1.29, 1.82) is 0 Å². The maximum absolute atomic E-state index is 13.1. The first-order valence-electron chi connectivity index (χ1n) is 4.01. The molecule has 1 atom stereocenters. The van der Waals surface area contributed by atoms with E-state index in [1.807, 2.05) is 0 Å². The van der Waals surface area contributed by atoms with Crippen molar-refractivity contribution in [3.05, 3.63) is 35.1 Å². The maximum Gasteiger partial charge on any atom is 0.310 e. The number of carboxylic acid groups (broad SMARTS) is 1. The molecule has 1 aromatic carbocycles. The number of benzene rings is 1. The van der Waals surface area contributed by atoms with Gasteiger partial charge in [-0.1, -0.05) is 17.7 Å². The second-order valence-corrected chi connectivity index (χ2v) is 3.08. The van der Waals surface area contributed by atoms with Gasteiger partial charge in [0.15, 0.2) is 0 Å². The molecule has 0 aliphatic heterocycles. The lowest BCUT2D eigenvalue weighted by molar-refractivity contribution is -0.138. The highest BCUT2D eigenvalue weighted by Gasteiger charge is 2.17. The molecule has 70 valence electrons. The zero-order valence-electron chi connectivity index (χ0n) is 7.54. The first-order chi connectivity index (χ1) is 6.02. The Morgan fingerprint density at radius 2 is 2.15 bits per heavy atom. The molecule has 0 unspecified atom stereocenters. The zero-order chi connectivity index (χ0) is 10.0. The lowest BCUT2D eigenvalue weighted by atomic mass is 9.99. The van der Waals surface area contributed by atoms with Crippen LogP contribution in [0, 0.1) is 12.7 Å². The van der Waals surface area contributed by atoms with E-state index in [1.54, 1.807) is 19.1 Å². The van der Waals surface area contributed by atoms with Crippen molar-refractivity contribution in [3.8, 4) is 0 Å². The standard InChI is InChI=1S/C10H11FO2/c1-6-3-4-9(11)8(5-6)7(2)10(12)13/h3-5,7H,1-2H3,(H,12,13)/t7-/m1/s1. The van der Waals surface area contributed by atoms with Gasteiger partial charge in [0, 0.05) is 5.56 Å². The average molecular weight is 182 g/mol. The molecule has 0 saturated heterocycles. The minimum atomic E-state index is -1.01. The van der Waals surface area contributed by atoms with Crippen molar-refractivity contribution < 1.29 is 14.3 Å². The Labute approximate surface area is 76.0 Å². The Hall–Kier alpha value is -1.38. The van der Waals surface area contributed by atoms with Gasteiger partial charge in [-0.05, 0) is 19.9 Å². The van der Waals surface area contributed by atoms with Crippen LogP contribution in [0.5, 0.6) is 0 Å². The molecule has 0 aliphatic carbocycles. The summed E-state index contributed by atoms with van der Waals surface area (Å²) in [6, 6.07) is 4.48. The van der Waals surface area contributed by atoms with E-state index in [1.165, 1.54) is 13.0 Å². The summed E-state index contributed by atoms with van der Waals surface area (Å²) in [5.41, 5.74) is 1.11. The first-order valence-corrected chi connectivity index (χ1v) is 4.01. The van der Waals surface area contributed by atoms with Gasteiger partial charge in [0.2, 0.25) is 0 Å². The molecule has 3 heteroatoms. The Morgan fingerprint density at radius 1 is 1.54 bits per heavy atom. The van der Waals surface area contributed by atoms with Crippen LogP contribution < -0.4 is 0 Å². The van der Waals surface area contributed by atoms with Crippen molar-refractivity contribution in [3.63, 3.8) is 0 Å². The van der Waals surface area contributed by atoms with Gasteiger partial charge in [-0.3, -0.25) is 4.79 Å². The third-order valence-corrected chi connectivity index (χ3v) is 1.99. The van der Waals surface area contributed by atoms with Crippen molar-refractivity contribution in [2.24, 2.45) is 0 Å². The predicted octanol–water partition coefficient (Wildman–Crippen LogP) is 2.32. The van der Waals surface area contributed by atoms with Gasteiger partial charge < -0.3 is 5.11 Å². The van der Waals surface area contributed by atoms with Crippen molar-refractivity contribution in [1.82, 2.24) is 0 Å². The molecule has 1 rings (SSSR count). The SMILES string of the molecule is Cc1ccc(F)c([C@@H](C)C(=O)O)c1. The Bertz CT molecular complexity index is 334. The third kappa shape index (κ3) is 2.05. The van der Waals surface area contributed by atoms with Gasteiger partial charge in [0.25, 0.3) is 0 Å². The largest absolute Gasteiger partial charge is 0.481 e. The molecular formula is C10H11FO2. The van der Waals surface area contributed by atoms with Crippen molar-refractivity contribution in [2.45, 2.75) is 19.8 Å². The fraction of sp³-hybridized carbons (Fsp3) is 0.300. The molecule has 1 aromatic rings. The molecule has 0 radical (unpaired) electrons. The van der Waals surface area contributed by atoms with Crippen LogP contribution in [0.2, 0.25) is 0 Å². The molecule has 0 aromatic heterocycles. The monoisotopic (exact) mass is 182 g/mol. The van der Waals surface area contributed by atoms with Crippen molar-refractivity contribution >= 4 is 5.97 Å². The van der Waals surface area contributed by atoms with Crippen molar-refractivity contribution in [2.75, 3.05) is 0 Å². The van der Waals surface area contributed by atoms with Gasteiger partial charge in [-0.25, -0.2) is 4.39 Å². The van der Waals surface area contributed by atoms with Crippen LogP contribution in [0.4, 0.5) is 4.39 Å². The van der Waals surface area contributed by atoms with Gasteiger partial charge in [-0.2, -0.15) is 0 Å². The Kier molecular flexibility index (Phi) is 2.66. The van der Waals surface area contributed by atoms with E-state index < -0.39 is 17.7 Å². The maximum atomic E-state index is 13.1. The normalized spacial score (nSPS) is 12.5. The summed E-state index contributed by atoms with van der Waals surface area (Å²) >= 11 is 0. The molecule has 2 nitrogen and oxygen atoms in total. The van der Waals surface area contributed by atoms with E-state index in [0.29, 0.717) is 0 Å². The Balaban J connectivity index is 3.12. The number of hydrogen-bond donors (Lipinski definition) is 1. The summed E-state index contributed by atoms with van der Waals surface area (Å²) in [6.07, 6.45) is 0. The fourth-order valence-corrected chi connectivity index (χ4v) is 1.13. The molecule has 13 heavy (non-hydrogen) atoms. The number of halogens is 1. The minimum Gasteiger partial charge on any atom is -0.481 e. The number of carboxylic acids is 1. The minimum absolute atomic E-state index is 0.243. The van der Waals surface area contributed by atoms with Crippen LogP contribution in [-0.4, -0.2) is 11.1 Å². The number of rotatable bonds is 2. The summed E-state index contributed by atoms with van der Waals surface area (Å²) in [5, 5.41) is 8.68. The second-order valence-electron chi connectivity index (χ2n) is 3.08. The second kappa shape index (κ2) is 3.56. The molecule has 0 bridgehead atoms.